The molecule has 0 aromatic rings. The van der Waals surface area contributed by atoms with Gasteiger partial charge in [-0.3, -0.25) is 13.7 Å². The van der Waals surface area contributed by atoms with Gasteiger partial charge in [0.2, 0.25) is 0 Å². The average Bonchev–Trinajstić information content (AvgIpc) is 1.44. The van der Waals surface area contributed by atoms with Crippen molar-refractivity contribution >= 4 is 40.8 Å². The molecule has 1 saturated heterocycles. The van der Waals surface area contributed by atoms with Crippen molar-refractivity contribution in [2.75, 3.05) is 0 Å². The molecular weight excluding hydrogens is 264 g/mol. The summed E-state index contributed by atoms with van der Waals surface area (Å²) in [6.45, 7) is 0. The summed E-state index contributed by atoms with van der Waals surface area (Å²) in [5.41, 5.74) is 0. The van der Waals surface area contributed by atoms with Crippen LogP contribution in [-0.2, 0) is 26.6 Å². The Hall–Kier alpha value is 0.982. The fourth-order valence-electron chi connectivity index (χ4n) is 0.412. The molecule has 0 amide bonds. The van der Waals surface area contributed by atoms with E-state index in [4.69, 9.17) is 0 Å². The molecule has 13 heteroatoms. The van der Waals surface area contributed by atoms with Crippen molar-refractivity contribution in [1.29, 1.82) is 0 Å². The van der Waals surface area contributed by atoms with Gasteiger partial charge in [-0.15, -0.1) is 0 Å². The molecule has 0 N–H and O–H groups in total. The van der Waals surface area contributed by atoms with Crippen LogP contribution in [0.1, 0.15) is 0 Å². The van der Waals surface area contributed by atoms with E-state index >= 15 is 0 Å². The van der Waals surface area contributed by atoms with Crippen molar-refractivity contribution in [3.05, 3.63) is 0 Å². The predicted octanol–water partition coefficient (Wildman–Crippen LogP) is -1.93. The second-order valence-electron chi connectivity index (χ2n) is 1.59. The van der Waals surface area contributed by atoms with Gasteiger partial charge in [-0.2, -0.15) is 0 Å². The monoisotopic (exact) mass is 264 g/mol. The summed E-state index contributed by atoms with van der Waals surface area (Å²) in [6.07, 6.45) is 0. The van der Waals surface area contributed by atoms with Crippen LogP contribution in [0.3, 0.4) is 0 Å². The molecule has 0 unspecified atom stereocenters. The van der Waals surface area contributed by atoms with Gasteiger partial charge in [-0.1, -0.05) is 0 Å². The van der Waals surface area contributed by atoms with Crippen molar-refractivity contribution in [2.24, 2.45) is 0 Å². The van der Waals surface area contributed by atoms with Gasteiger partial charge < -0.3 is 14.7 Å². The summed E-state index contributed by atoms with van der Waals surface area (Å²) in [6, 6.07) is 0. The summed E-state index contributed by atoms with van der Waals surface area (Å²) in [5.74, 6) is 0. The normalized spacial score (nSPS) is 51.0. The van der Waals surface area contributed by atoms with E-state index in [0.717, 1.165) is 0 Å². The van der Waals surface area contributed by atoms with Gasteiger partial charge in [0.05, 0.1) is 0 Å². The van der Waals surface area contributed by atoms with Gasteiger partial charge >= 0.3 is 17.4 Å². The van der Waals surface area contributed by atoms with Crippen LogP contribution in [0.25, 0.3) is 0 Å². The molecule has 72 valence electrons. The zero-order valence-corrected chi connectivity index (χ0v) is 9.43. The van der Waals surface area contributed by atoms with E-state index in [9.17, 15) is 28.4 Å². The van der Waals surface area contributed by atoms with Crippen molar-refractivity contribution in [3.8, 4) is 0 Å². The second kappa shape index (κ2) is 3.86. The summed E-state index contributed by atoms with van der Waals surface area (Å²) in [5, 5.41) is 0. The van der Waals surface area contributed by atoms with Gasteiger partial charge in [-0.05, 0) is 0 Å². The Balaban J connectivity index is 0.00000144. The minimum atomic E-state index is -5.36. The average molecular weight is 264 g/mol. The maximum atomic E-state index is 10.2. The molecule has 0 spiro atoms. The van der Waals surface area contributed by atoms with Gasteiger partial charge in [0.25, 0.3) is 23.5 Å². The molecule has 1 aliphatic rings. The third kappa shape index (κ3) is 4.35. The van der Waals surface area contributed by atoms with Crippen molar-refractivity contribution in [1.82, 2.24) is 0 Å². The zero-order chi connectivity index (χ0) is 9.62. The summed E-state index contributed by atoms with van der Waals surface area (Å²) in [4.78, 5) is 30.7. The summed E-state index contributed by atoms with van der Waals surface area (Å²) < 4.78 is 40.3. The van der Waals surface area contributed by atoms with Gasteiger partial charge in [0.15, 0.2) is 0 Å². The summed E-state index contributed by atoms with van der Waals surface area (Å²) >= 11 is 0. The first-order valence-corrected chi connectivity index (χ1v) is 6.57. The van der Waals surface area contributed by atoms with E-state index in [0.29, 0.717) is 0 Å². The van der Waals surface area contributed by atoms with Crippen molar-refractivity contribution in [2.45, 2.75) is 0 Å². The first-order valence-electron chi connectivity index (χ1n) is 2.19. The molecule has 1 rings (SSSR count). The Morgan fingerprint density at radius 3 is 1.00 bits per heavy atom. The molecule has 1 fully saturated rings. The minimum absolute atomic E-state index is 0. The number of phosphoric acid groups is 3. The second-order valence-corrected chi connectivity index (χ2v) is 6.23. The topological polar surface area (TPSA) is 148 Å². The quantitative estimate of drug-likeness (QED) is 0.360. The largest absolute Gasteiger partial charge is 3.00 e. The van der Waals surface area contributed by atoms with Crippen LogP contribution in [0.4, 0.5) is 0 Å². The Morgan fingerprint density at radius 1 is 0.692 bits per heavy atom. The fourth-order valence-corrected chi connectivity index (χ4v) is 4.51. The predicted molar refractivity (Wildman–Crippen MR) is 31.8 cm³/mol. The Kier molecular flexibility index (Phi) is 4.15. The van der Waals surface area contributed by atoms with Crippen LogP contribution in [0.5, 0.6) is 0 Å². The molecule has 13 heavy (non-hydrogen) atoms. The SMILES string of the molecule is O=P1([O-])OP(=O)([O-])OP(=O)([O-])O1.[Al+3]. The zero-order valence-electron chi connectivity index (χ0n) is 5.59. The van der Waals surface area contributed by atoms with Gasteiger partial charge in [0, 0.05) is 0 Å². The molecule has 0 aliphatic carbocycles. The summed E-state index contributed by atoms with van der Waals surface area (Å²) in [7, 11) is -16.1. The maximum absolute atomic E-state index is 10.2. The van der Waals surface area contributed by atoms with Crippen LogP contribution >= 0.6 is 23.5 Å². The maximum Gasteiger partial charge on any atom is 3.00 e. The molecule has 0 bridgehead atoms. The molecule has 1 heterocycles. The third-order valence-electron chi connectivity index (χ3n) is 0.600. The molecular formula is AlO9P3. The van der Waals surface area contributed by atoms with E-state index in [1.54, 1.807) is 0 Å². The number of hydrogen-bond donors (Lipinski definition) is 0. The Labute approximate surface area is 82.6 Å². The number of rotatable bonds is 0. The smallest absolute Gasteiger partial charge is 0.756 e. The van der Waals surface area contributed by atoms with Gasteiger partial charge in [0.1, 0.15) is 0 Å². The van der Waals surface area contributed by atoms with Crippen LogP contribution in [0, 0.1) is 0 Å². The van der Waals surface area contributed by atoms with E-state index in [1.165, 1.54) is 0 Å². The molecule has 1 aliphatic heterocycles. The van der Waals surface area contributed by atoms with Crippen LogP contribution in [0.15, 0.2) is 0 Å². The standard InChI is InChI=1S/Al.H3O9P3/c;1-10(2)7-11(3,4)9-12(5,6)8-10/h;(H,1,2)(H,3,4)(H,5,6)/q+3;/p-3. The van der Waals surface area contributed by atoms with Crippen molar-refractivity contribution in [3.63, 3.8) is 0 Å². The van der Waals surface area contributed by atoms with Crippen molar-refractivity contribution < 1.29 is 41.3 Å². The third-order valence-corrected chi connectivity index (χ3v) is 5.40. The Bertz CT molecular complexity index is 259. The Morgan fingerprint density at radius 2 is 0.846 bits per heavy atom. The number of hydrogen-bond acceptors (Lipinski definition) is 9. The van der Waals surface area contributed by atoms with Crippen LogP contribution < -0.4 is 14.7 Å². The molecule has 9 nitrogen and oxygen atoms in total. The molecule has 0 atom stereocenters. The van der Waals surface area contributed by atoms with Crippen LogP contribution in [0.2, 0.25) is 0 Å². The van der Waals surface area contributed by atoms with E-state index in [1.807, 2.05) is 0 Å². The first kappa shape index (κ1) is 14.0. The van der Waals surface area contributed by atoms with Gasteiger partial charge in [-0.25, -0.2) is 12.9 Å². The van der Waals surface area contributed by atoms with E-state index in [2.05, 4.69) is 12.9 Å². The molecule has 0 aromatic carbocycles. The molecule has 0 aromatic heterocycles. The van der Waals surface area contributed by atoms with E-state index in [-0.39, 0.29) is 17.4 Å². The first-order chi connectivity index (χ1) is 5.12. The van der Waals surface area contributed by atoms with Crippen LogP contribution in [-0.4, -0.2) is 17.4 Å². The molecule has 0 saturated carbocycles. The fraction of sp³-hybridized carbons (Fsp3) is 0. The minimum Gasteiger partial charge on any atom is -0.756 e. The molecule has 0 radical (unpaired) electrons. The van der Waals surface area contributed by atoms with E-state index < -0.39 is 23.5 Å².